The first-order valence-corrected chi connectivity index (χ1v) is 14.1. The molecule has 0 aliphatic carbocycles. The molecular formula is C30H30N4O5S. The highest BCUT2D eigenvalue weighted by Crippen LogP contribution is 2.32. The number of hydrogen-bond acceptors (Lipinski definition) is 6. The van der Waals surface area contributed by atoms with E-state index < -0.39 is 28.4 Å². The SMILES string of the molecule is CCOc1ccccc1N(CC(=O)Nc1ccccc1C(=O)NCc1cccnc1)S(=O)(=O)c1ccc(C)cc1. The second kappa shape index (κ2) is 12.9. The Bertz CT molecular complexity index is 1580. The number of ether oxygens (including phenoxy) is 1. The maximum atomic E-state index is 13.8. The van der Waals surface area contributed by atoms with E-state index in [4.69, 9.17) is 4.74 Å². The Hall–Kier alpha value is -4.70. The number of hydrogen-bond donors (Lipinski definition) is 2. The lowest BCUT2D eigenvalue weighted by molar-refractivity contribution is -0.114. The highest BCUT2D eigenvalue weighted by Gasteiger charge is 2.30. The molecule has 10 heteroatoms. The Morgan fingerprint density at radius 1 is 0.925 bits per heavy atom. The van der Waals surface area contributed by atoms with Gasteiger partial charge < -0.3 is 15.4 Å². The Balaban J connectivity index is 1.60. The van der Waals surface area contributed by atoms with Crippen molar-refractivity contribution in [3.05, 3.63) is 114 Å². The summed E-state index contributed by atoms with van der Waals surface area (Å²) in [6.45, 7) is 3.66. The Morgan fingerprint density at radius 3 is 2.38 bits per heavy atom. The van der Waals surface area contributed by atoms with E-state index in [2.05, 4.69) is 15.6 Å². The van der Waals surface area contributed by atoms with Crippen LogP contribution in [0.2, 0.25) is 0 Å². The zero-order valence-electron chi connectivity index (χ0n) is 22.2. The van der Waals surface area contributed by atoms with Gasteiger partial charge in [-0.2, -0.15) is 0 Å². The summed E-state index contributed by atoms with van der Waals surface area (Å²) in [5.74, 6) is -0.705. The average Bonchev–Trinajstić information content (AvgIpc) is 2.96. The zero-order chi connectivity index (χ0) is 28.5. The molecule has 4 rings (SSSR count). The van der Waals surface area contributed by atoms with E-state index in [1.54, 1.807) is 86.0 Å². The van der Waals surface area contributed by atoms with E-state index in [0.717, 1.165) is 15.4 Å². The number of nitrogens with one attached hydrogen (secondary N) is 2. The quantitative estimate of drug-likeness (QED) is 0.279. The van der Waals surface area contributed by atoms with E-state index in [1.165, 1.54) is 12.1 Å². The molecule has 9 nitrogen and oxygen atoms in total. The molecule has 1 heterocycles. The van der Waals surface area contributed by atoms with Gasteiger partial charge in [-0.3, -0.25) is 18.9 Å². The fraction of sp³-hybridized carbons (Fsp3) is 0.167. The van der Waals surface area contributed by atoms with Gasteiger partial charge in [-0.1, -0.05) is 48.0 Å². The Morgan fingerprint density at radius 2 is 1.65 bits per heavy atom. The molecule has 2 amide bonds. The third-order valence-electron chi connectivity index (χ3n) is 5.95. The second-order valence-corrected chi connectivity index (χ2v) is 10.7. The molecule has 0 spiro atoms. The molecular weight excluding hydrogens is 528 g/mol. The number of pyridine rings is 1. The standard InChI is InChI=1S/C30H30N4O5S/c1-3-39-28-13-7-6-12-27(28)34(40(37,38)24-16-14-22(2)15-17-24)21-29(35)33-26-11-5-4-10-25(26)30(36)32-20-23-9-8-18-31-19-23/h4-19H,3,20-21H2,1-2H3,(H,32,36)(H,33,35). The number of rotatable bonds is 11. The maximum Gasteiger partial charge on any atom is 0.264 e. The van der Waals surface area contributed by atoms with Crippen LogP contribution in [0.1, 0.15) is 28.4 Å². The van der Waals surface area contributed by atoms with Gasteiger partial charge in [-0.25, -0.2) is 8.42 Å². The Kier molecular flexibility index (Phi) is 9.13. The van der Waals surface area contributed by atoms with Gasteiger partial charge in [0, 0.05) is 18.9 Å². The molecule has 1 aromatic heterocycles. The predicted molar refractivity (Wildman–Crippen MR) is 154 cm³/mol. The van der Waals surface area contributed by atoms with Crippen molar-refractivity contribution in [1.29, 1.82) is 0 Å². The van der Waals surface area contributed by atoms with Crippen molar-refractivity contribution < 1.29 is 22.7 Å². The van der Waals surface area contributed by atoms with Crippen LogP contribution in [0.25, 0.3) is 0 Å². The highest BCUT2D eigenvalue weighted by molar-refractivity contribution is 7.92. The minimum atomic E-state index is -4.16. The summed E-state index contributed by atoms with van der Waals surface area (Å²) >= 11 is 0. The number of sulfonamides is 1. The van der Waals surface area contributed by atoms with Crippen LogP contribution >= 0.6 is 0 Å². The fourth-order valence-electron chi connectivity index (χ4n) is 3.97. The van der Waals surface area contributed by atoms with E-state index in [9.17, 15) is 18.0 Å². The molecule has 2 N–H and O–H groups in total. The summed E-state index contributed by atoms with van der Waals surface area (Å²) in [6, 6.07) is 23.2. The molecule has 0 bridgehead atoms. The normalized spacial score (nSPS) is 10.9. The molecule has 4 aromatic rings. The van der Waals surface area contributed by atoms with Crippen LogP contribution in [0.4, 0.5) is 11.4 Å². The smallest absolute Gasteiger partial charge is 0.264 e. The van der Waals surface area contributed by atoms with Crippen LogP contribution < -0.4 is 19.7 Å². The van der Waals surface area contributed by atoms with Crippen molar-refractivity contribution in [3.8, 4) is 5.75 Å². The number of carbonyl (C=O) groups is 2. The number of benzene rings is 3. The fourth-order valence-corrected chi connectivity index (χ4v) is 5.40. The Labute approximate surface area is 233 Å². The topological polar surface area (TPSA) is 118 Å². The van der Waals surface area contributed by atoms with Crippen molar-refractivity contribution in [2.24, 2.45) is 0 Å². The molecule has 0 saturated carbocycles. The summed E-state index contributed by atoms with van der Waals surface area (Å²) in [6.07, 6.45) is 3.29. The van der Waals surface area contributed by atoms with E-state index in [0.29, 0.717) is 12.4 Å². The average molecular weight is 559 g/mol. The van der Waals surface area contributed by atoms with Gasteiger partial charge in [0.15, 0.2) is 0 Å². The zero-order valence-corrected chi connectivity index (χ0v) is 23.0. The molecule has 0 saturated heterocycles. The summed E-state index contributed by atoms with van der Waals surface area (Å²) in [7, 11) is -4.16. The van der Waals surface area contributed by atoms with Crippen LogP contribution in [-0.4, -0.2) is 38.4 Å². The molecule has 40 heavy (non-hydrogen) atoms. The number of aryl methyl sites for hydroxylation is 1. The van der Waals surface area contributed by atoms with Gasteiger partial charge in [-0.15, -0.1) is 0 Å². The molecule has 0 aliphatic heterocycles. The van der Waals surface area contributed by atoms with Crippen molar-refractivity contribution in [1.82, 2.24) is 10.3 Å². The predicted octanol–water partition coefficient (Wildman–Crippen LogP) is 4.55. The third kappa shape index (κ3) is 6.83. The van der Waals surface area contributed by atoms with Gasteiger partial charge in [0.25, 0.3) is 15.9 Å². The lowest BCUT2D eigenvalue weighted by atomic mass is 10.1. The largest absolute Gasteiger partial charge is 0.492 e. The van der Waals surface area contributed by atoms with Crippen LogP contribution in [0.3, 0.4) is 0 Å². The minimum Gasteiger partial charge on any atom is -0.492 e. The summed E-state index contributed by atoms with van der Waals surface area (Å²) < 4.78 is 34.3. The number of nitrogens with zero attached hydrogens (tertiary/aromatic N) is 2. The van der Waals surface area contributed by atoms with E-state index in [-0.39, 0.29) is 28.4 Å². The van der Waals surface area contributed by atoms with Crippen molar-refractivity contribution >= 4 is 33.2 Å². The molecule has 206 valence electrons. The van der Waals surface area contributed by atoms with E-state index >= 15 is 0 Å². The first kappa shape index (κ1) is 28.3. The summed E-state index contributed by atoms with van der Waals surface area (Å²) in [5, 5.41) is 5.53. The highest BCUT2D eigenvalue weighted by atomic mass is 32.2. The lowest BCUT2D eigenvalue weighted by Gasteiger charge is -2.26. The minimum absolute atomic E-state index is 0.0346. The first-order valence-electron chi connectivity index (χ1n) is 12.7. The molecule has 3 aromatic carbocycles. The summed E-state index contributed by atoms with van der Waals surface area (Å²) in [4.78, 5) is 30.4. The van der Waals surface area contributed by atoms with Crippen molar-refractivity contribution in [2.75, 3.05) is 22.8 Å². The molecule has 0 fully saturated rings. The van der Waals surface area contributed by atoms with Crippen LogP contribution in [0.15, 0.2) is 102 Å². The molecule has 0 radical (unpaired) electrons. The first-order chi connectivity index (χ1) is 19.3. The van der Waals surface area contributed by atoms with Crippen LogP contribution in [-0.2, 0) is 21.4 Å². The molecule has 0 atom stereocenters. The summed E-state index contributed by atoms with van der Waals surface area (Å²) in [5.41, 5.74) is 2.44. The van der Waals surface area contributed by atoms with Gasteiger partial charge in [0.1, 0.15) is 12.3 Å². The van der Waals surface area contributed by atoms with E-state index in [1.807, 2.05) is 13.0 Å². The van der Waals surface area contributed by atoms with Crippen molar-refractivity contribution in [2.45, 2.75) is 25.3 Å². The van der Waals surface area contributed by atoms with Gasteiger partial charge in [0.05, 0.1) is 28.4 Å². The van der Waals surface area contributed by atoms with Gasteiger partial charge in [0.2, 0.25) is 5.91 Å². The lowest BCUT2D eigenvalue weighted by Crippen LogP contribution is -2.38. The van der Waals surface area contributed by atoms with Crippen LogP contribution in [0, 0.1) is 6.92 Å². The number of aromatic nitrogens is 1. The number of anilines is 2. The number of para-hydroxylation sites is 3. The number of amides is 2. The maximum absolute atomic E-state index is 13.8. The number of carbonyl (C=O) groups excluding carboxylic acids is 2. The second-order valence-electron chi connectivity index (χ2n) is 8.86. The van der Waals surface area contributed by atoms with Gasteiger partial charge in [-0.05, 0) is 61.9 Å². The van der Waals surface area contributed by atoms with Gasteiger partial charge >= 0.3 is 0 Å². The molecule has 0 unspecified atom stereocenters. The van der Waals surface area contributed by atoms with Crippen LogP contribution in [0.5, 0.6) is 5.75 Å². The van der Waals surface area contributed by atoms with Crippen molar-refractivity contribution in [3.63, 3.8) is 0 Å². The third-order valence-corrected chi connectivity index (χ3v) is 7.73. The molecule has 0 aliphatic rings. The monoisotopic (exact) mass is 558 g/mol.